The molecule has 0 atom stereocenters. The lowest BCUT2D eigenvalue weighted by molar-refractivity contribution is 0.597. The van der Waals surface area contributed by atoms with E-state index in [1.165, 1.54) is 0 Å². The van der Waals surface area contributed by atoms with E-state index in [0.717, 1.165) is 31.0 Å². The molecule has 80 valence electrons. The van der Waals surface area contributed by atoms with Crippen molar-refractivity contribution < 1.29 is 8.78 Å². The summed E-state index contributed by atoms with van der Waals surface area (Å²) in [6.45, 7) is 0. The monoisotopic (exact) mass is 211 g/mol. The van der Waals surface area contributed by atoms with E-state index in [1.807, 2.05) is 0 Å². The maximum atomic E-state index is 13.3. The van der Waals surface area contributed by atoms with E-state index in [9.17, 15) is 8.78 Å². The van der Waals surface area contributed by atoms with Crippen molar-refractivity contribution in [2.75, 3.05) is 0 Å². The molecule has 2 rings (SSSR count). The van der Waals surface area contributed by atoms with Gasteiger partial charge in [0.1, 0.15) is 17.5 Å². The second-order valence-corrected chi connectivity index (χ2v) is 3.48. The number of rotatable bonds is 2. The molecule has 0 saturated heterocycles. The van der Waals surface area contributed by atoms with Gasteiger partial charge >= 0.3 is 0 Å². The van der Waals surface area contributed by atoms with Crippen molar-refractivity contribution in [1.29, 1.82) is 0 Å². The third kappa shape index (κ3) is 2.30. The Kier molecular flexibility index (Phi) is 2.64. The topological polar surface area (TPSA) is 50.4 Å². The summed E-state index contributed by atoms with van der Waals surface area (Å²) in [5, 5.41) is 0. The van der Waals surface area contributed by atoms with Crippen molar-refractivity contribution >= 4 is 5.84 Å². The minimum absolute atomic E-state index is 0.0735. The molecule has 0 aromatic heterocycles. The third-order valence-corrected chi connectivity index (χ3v) is 2.18. The zero-order valence-electron chi connectivity index (χ0n) is 8.00. The molecule has 1 aliphatic carbocycles. The van der Waals surface area contributed by atoms with Gasteiger partial charge in [-0.15, -0.1) is 0 Å². The summed E-state index contributed by atoms with van der Waals surface area (Å²) < 4.78 is 26.2. The Morgan fingerprint density at radius 1 is 1.40 bits per heavy atom. The van der Waals surface area contributed by atoms with Crippen LogP contribution in [0.1, 0.15) is 18.4 Å². The second-order valence-electron chi connectivity index (χ2n) is 3.48. The van der Waals surface area contributed by atoms with Crippen molar-refractivity contribution in [3.8, 4) is 0 Å². The summed E-state index contributed by atoms with van der Waals surface area (Å²) >= 11 is 0. The predicted octanol–water partition coefficient (Wildman–Crippen LogP) is 1.34. The zero-order chi connectivity index (χ0) is 10.8. The van der Waals surface area contributed by atoms with Crippen molar-refractivity contribution in [2.24, 2.45) is 10.8 Å². The number of halogens is 2. The smallest absolute Gasteiger partial charge is 0.145 e. The van der Waals surface area contributed by atoms with Crippen molar-refractivity contribution in [1.82, 2.24) is 5.43 Å². The molecule has 1 saturated carbocycles. The Balaban J connectivity index is 2.36. The van der Waals surface area contributed by atoms with Gasteiger partial charge in [-0.25, -0.2) is 14.6 Å². The number of amidine groups is 1. The maximum Gasteiger partial charge on any atom is 0.145 e. The molecule has 0 amide bonds. The van der Waals surface area contributed by atoms with E-state index in [-0.39, 0.29) is 17.4 Å². The summed E-state index contributed by atoms with van der Waals surface area (Å²) in [6.07, 6.45) is 1.95. The van der Waals surface area contributed by atoms with E-state index in [2.05, 4.69) is 10.4 Å². The van der Waals surface area contributed by atoms with Crippen LogP contribution in [0.3, 0.4) is 0 Å². The molecule has 0 aliphatic heterocycles. The molecule has 1 fully saturated rings. The van der Waals surface area contributed by atoms with E-state index < -0.39 is 11.6 Å². The fraction of sp³-hybridized carbons (Fsp3) is 0.300. The lowest BCUT2D eigenvalue weighted by Crippen LogP contribution is -2.32. The third-order valence-electron chi connectivity index (χ3n) is 2.18. The molecule has 0 radical (unpaired) electrons. The first kappa shape index (κ1) is 10.0. The lowest BCUT2D eigenvalue weighted by atomic mass is 10.2. The number of benzene rings is 1. The average molecular weight is 211 g/mol. The summed E-state index contributed by atoms with van der Waals surface area (Å²) in [7, 11) is 0. The Morgan fingerprint density at radius 3 is 2.73 bits per heavy atom. The number of nitrogens with zero attached hydrogens (tertiary/aromatic N) is 1. The zero-order valence-corrected chi connectivity index (χ0v) is 8.00. The summed E-state index contributed by atoms with van der Waals surface area (Å²) in [4.78, 5) is 4.15. The molecule has 1 aromatic carbocycles. The molecule has 0 unspecified atom stereocenters. The summed E-state index contributed by atoms with van der Waals surface area (Å²) in [5.74, 6) is 4.39. The normalized spacial score (nSPS) is 16.6. The van der Waals surface area contributed by atoms with Crippen LogP contribution in [-0.2, 0) is 0 Å². The van der Waals surface area contributed by atoms with Gasteiger partial charge in [0.25, 0.3) is 0 Å². The second kappa shape index (κ2) is 3.94. The van der Waals surface area contributed by atoms with E-state index in [1.54, 1.807) is 0 Å². The largest absolute Gasteiger partial charge is 0.308 e. The highest BCUT2D eigenvalue weighted by Gasteiger charge is 2.22. The van der Waals surface area contributed by atoms with Crippen molar-refractivity contribution in [3.63, 3.8) is 0 Å². The molecular weight excluding hydrogens is 200 g/mol. The first-order valence-electron chi connectivity index (χ1n) is 4.70. The van der Waals surface area contributed by atoms with Gasteiger partial charge in [-0.2, -0.15) is 0 Å². The van der Waals surface area contributed by atoms with Crippen LogP contribution in [0.2, 0.25) is 0 Å². The van der Waals surface area contributed by atoms with E-state index >= 15 is 0 Å². The minimum Gasteiger partial charge on any atom is -0.308 e. The summed E-state index contributed by atoms with van der Waals surface area (Å²) in [6, 6.07) is 3.39. The molecule has 0 bridgehead atoms. The number of nitrogens with two attached hydrogens (primary N) is 1. The number of hydrogen-bond acceptors (Lipinski definition) is 2. The Labute approximate surface area is 86.0 Å². The number of aliphatic imine (C=N–C) groups is 1. The van der Waals surface area contributed by atoms with Gasteiger partial charge in [-0.1, -0.05) is 0 Å². The van der Waals surface area contributed by atoms with Gasteiger partial charge < -0.3 is 5.43 Å². The van der Waals surface area contributed by atoms with Crippen molar-refractivity contribution in [2.45, 2.75) is 18.9 Å². The van der Waals surface area contributed by atoms with E-state index in [4.69, 9.17) is 5.84 Å². The quantitative estimate of drug-likeness (QED) is 0.335. The first-order valence-corrected chi connectivity index (χ1v) is 4.70. The highest BCUT2D eigenvalue weighted by Crippen LogP contribution is 2.24. The molecule has 15 heavy (non-hydrogen) atoms. The fourth-order valence-corrected chi connectivity index (χ4v) is 1.25. The number of hydrazine groups is 1. The van der Waals surface area contributed by atoms with Gasteiger partial charge in [0.15, 0.2) is 0 Å². The van der Waals surface area contributed by atoms with Gasteiger partial charge in [0, 0.05) is 0 Å². The van der Waals surface area contributed by atoms with Crippen LogP contribution in [0.4, 0.5) is 8.78 Å². The van der Waals surface area contributed by atoms with Crippen LogP contribution >= 0.6 is 0 Å². The maximum absolute atomic E-state index is 13.3. The van der Waals surface area contributed by atoms with Crippen LogP contribution in [-0.4, -0.2) is 11.9 Å². The van der Waals surface area contributed by atoms with Crippen LogP contribution < -0.4 is 11.3 Å². The van der Waals surface area contributed by atoms with Gasteiger partial charge in [0.05, 0.1) is 11.6 Å². The van der Waals surface area contributed by atoms with Crippen LogP contribution in [0, 0.1) is 11.6 Å². The fourth-order valence-electron chi connectivity index (χ4n) is 1.25. The molecule has 1 aromatic rings. The molecular formula is C10H11F2N3. The Hall–Kier alpha value is -1.49. The van der Waals surface area contributed by atoms with Gasteiger partial charge in [-0.05, 0) is 31.0 Å². The molecule has 1 aliphatic rings. The first-order chi connectivity index (χ1) is 7.20. The number of hydrogen-bond donors (Lipinski definition) is 2. The molecule has 3 N–H and O–H groups in total. The summed E-state index contributed by atoms with van der Waals surface area (Å²) in [5.41, 5.74) is 2.37. The lowest BCUT2D eigenvalue weighted by Gasteiger charge is -2.06. The molecule has 0 heterocycles. The molecule has 5 heteroatoms. The van der Waals surface area contributed by atoms with E-state index in [0.29, 0.717) is 0 Å². The van der Waals surface area contributed by atoms with Gasteiger partial charge in [0.2, 0.25) is 0 Å². The highest BCUT2D eigenvalue weighted by molar-refractivity contribution is 5.98. The van der Waals surface area contributed by atoms with Crippen LogP contribution in [0.5, 0.6) is 0 Å². The van der Waals surface area contributed by atoms with Crippen molar-refractivity contribution in [3.05, 3.63) is 35.4 Å². The number of nitrogens with one attached hydrogen (secondary N) is 1. The highest BCUT2D eigenvalue weighted by atomic mass is 19.1. The van der Waals surface area contributed by atoms with Gasteiger partial charge in [-0.3, -0.25) is 4.99 Å². The van der Waals surface area contributed by atoms with Crippen LogP contribution in [0.15, 0.2) is 23.2 Å². The molecule has 3 nitrogen and oxygen atoms in total. The molecule has 0 spiro atoms. The Morgan fingerprint density at radius 2 is 2.13 bits per heavy atom. The average Bonchev–Trinajstić information content (AvgIpc) is 3.02. The standard InChI is InChI=1S/C10H11F2N3/c11-6-1-4-9(12)8(5-6)10(15-13)14-7-2-3-7/h1,4-5,7H,2-3,13H2,(H,14,15). The SMILES string of the molecule is NNC(=NC1CC1)c1cc(F)ccc1F. The Bertz CT molecular complexity index is 400. The minimum atomic E-state index is -0.534. The van der Waals surface area contributed by atoms with Crippen LogP contribution in [0.25, 0.3) is 0 Å². The predicted molar refractivity (Wildman–Crippen MR) is 53.2 cm³/mol.